The SMILES string of the molecule is CC[C@H](Oc1ccccc1)C(=O)Nc1cnc2c(cnn2C(C)C)c1. The van der Waals surface area contributed by atoms with Crippen LogP contribution in [0.15, 0.2) is 48.8 Å². The van der Waals surface area contributed by atoms with Gasteiger partial charge in [-0.15, -0.1) is 0 Å². The van der Waals surface area contributed by atoms with Gasteiger partial charge in [0.25, 0.3) is 5.91 Å². The van der Waals surface area contributed by atoms with E-state index in [-0.39, 0.29) is 11.9 Å². The van der Waals surface area contributed by atoms with E-state index in [1.54, 1.807) is 12.4 Å². The molecule has 25 heavy (non-hydrogen) atoms. The standard InChI is InChI=1S/C19H22N4O2/c1-4-17(25-16-8-6-5-7-9-16)19(24)22-15-10-14-11-21-23(13(2)3)18(14)20-12-15/h5-13,17H,4H2,1-3H3,(H,22,24)/t17-/m0/s1. The molecule has 3 aromatic rings. The van der Waals surface area contributed by atoms with Gasteiger partial charge in [-0.25, -0.2) is 9.67 Å². The van der Waals surface area contributed by atoms with Crippen molar-refractivity contribution in [1.82, 2.24) is 14.8 Å². The van der Waals surface area contributed by atoms with Crippen LogP contribution in [-0.4, -0.2) is 26.8 Å². The summed E-state index contributed by atoms with van der Waals surface area (Å²) in [5, 5.41) is 8.11. The van der Waals surface area contributed by atoms with E-state index in [1.807, 2.05) is 48.0 Å². The lowest BCUT2D eigenvalue weighted by Crippen LogP contribution is -2.32. The van der Waals surface area contributed by atoms with Crippen molar-refractivity contribution in [3.63, 3.8) is 0 Å². The summed E-state index contributed by atoms with van der Waals surface area (Å²) in [4.78, 5) is 16.9. The molecule has 0 spiro atoms. The number of carbonyl (C=O) groups excluding carboxylic acids is 1. The van der Waals surface area contributed by atoms with Gasteiger partial charge in [0.2, 0.25) is 0 Å². The maximum absolute atomic E-state index is 12.5. The van der Waals surface area contributed by atoms with E-state index in [1.165, 1.54) is 0 Å². The first kappa shape index (κ1) is 17.0. The van der Waals surface area contributed by atoms with Crippen LogP contribution in [0.25, 0.3) is 11.0 Å². The maximum atomic E-state index is 12.5. The summed E-state index contributed by atoms with van der Waals surface area (Å²) in [7, 11) is 0. The minimum atomic E-state index is -0.559. The van der Waals surface area contributed by atoms with Crippen LogP contribution in [0.3, 0.4) is 0 Å². The second kappa shape index (κ2) is 7.34. The molecule has 0 radical (unpaired) electrons. The van der Waals surface area contributed by atoms with E-state index >= 15 is 0 Å². The van der Waals surface area contributed by atoms with Gasteiger partial charge in [0.15, 0.2) is 11.8 Å². The lowest BCUT2D eigenvalue weighted by atomic mass is 10.2. The number of benzene rings is 1. The van der Waals surface area contributed by atoms with Gasteiger partial charge in [0.1, 0.15) is 5.75 Å². The van der Waals surface area contributed by atoms with Crippen LogP contribution in [0.4, 0.5) is 5.69 Å². The first-order chi connectivity index (χ1) is 12.1. The first-order valence-corrected chi connectivity index (χ1v) is 8.44. The number of pyridine rings is 1. The van der Waals surface area contributed by atoms with Crippen molar-refractivity contribution in [3.05, 3.63) is 48.8 Å². The Balaban J connectivity index is 1.74. The number of amides is 1. The highest BCUT2D eigenvalue weighted by Crippen LogP contribution is 2.20. The number of hydrogen-bond donors (Lipinski definition) is 1. The summed E-state index contributed by atoms with van der Waals surface area (Å²) in [5.41, 5.74) is 1.44. The van der Waals surface area contributed by atoms with Crippen molar-refractivity contribution in [2.45, 2.75) is 39.3 Å². The molecule has 0 bridgehead atoms. The smallest absolute Gasteiger partial charge is 0.265 e. The number of aromatic nitrogens is 3. The van der Waals surface area contributed by atoms with E-state index in [9.17, 15) is 4.79 Å². The molecule has 0 fully saturated rings. The molecule has 6 nitrogen and oxygen atoms in total. The predicted octanol–water partition coefficient (Wildman–Crippen LogP) is 3.81. The molecule has 3 rings (SSSR count). The van der Waals surface area contributed by atoms with Crippen molar-refractivity contribution in [2.75, 3.05) is 5.32 Å². The van der Waals surface area contributed by atoms with Crippen LogP contribution in [0.2, 0.25) is 0 Å². The van der Waals surface area contributed by atoms with Crippen molar-refractivity contribution < 1.29 is 9.53 Å². The van der Waals surface area contributed by atoms with E-state index in [4.69, 9.17) is 4.74 Å². The van der Waals surface area contributed by atoms with Crippen molar-refractivity contribution in [2.24, 2.45) is 0 Å². The van der Waals surface area contributed by atoms with Gasteiger partial charge in [-0.3, -0.25) is 4.79 Å². The zero-order chi connectivity index (χ0) is 17.8. The zero-order valence-electron chi connectivity index (χ0n) is 14.6. The summed E-state index contributed by atoms with van der Waals surface area (Å²) in [5.74, 6) is 0.486. The second-order valence-corrected chi connectivity index (χ2v) is 6.14. The molecule has 1 atom stereocenters. The number of carbonyl (C=O) groups is 1. The van der Waals surface area contributed by atoms with Crippen LogP contribution >= 0.6 is 0 Å². The number of fused-ring (bicyclic) bond motifs is 1. The van der Waals surface area contributed by atoms with Crippen LogP contribution in [-0.2, 0) is 4.79 Å². The minimum absolute atomic E-state index is 0.191. The average molecular weight is 338 g/mol. The van der Waals surface area contributed by atoms with Gasteiger partial charge < -0.3 is 10.1 Å². The molecule has 0 saturated heterocycles. The third-order valence-electron chi connectivity index (χ3n) is 3.87. The summed E-state index contributed by atoms with van der Waals surface area (Å²) in [6.07, 6.45) is 3.42. The summed E-state index contributed by atoms with van der Waals surface area (Å²) in [6.45, 7) is 6.02. The topological polar surface area (TPSA) is 69.0 Å². The van der Waals surface area contributed by atoms with Gasteiger partial charge >= 0.3 is 0 Å². The molecule has 130 valence electrons. The van der Waals surface area contributed by atoms with Gasteiger partial charge in [0, 0.05) is 11.4 Å². The molecular formula is C19H22N4O2. The average Bonchev–Trinajstić information content (AvgIpc) is 3.04. The largest absolute Gasteiger partial charge is 0.481 e. The molecule has 0 saturated carbocycles. The van der Waals surface area contributed by atoms with Gasteiger partial charge in [-0.05, 0) is 38.5 Å². The summed E-state index contributed by atoms with van der Waals surface area (Å²) >= 11 is 0. The Labute approximate surface area is 146 Å². The van der Waals surface area contributed by atoms with Crippen molar-refractivity contribution in [3.8, 4) is 5.75 Å². The molecule has 0 unspecified atom stereocenters. The highest BCUT2D eigenvalue weighted by molar-refractivity contribution is 5.95. The lowest BCUT2D eigenvalue weighted by molar-refractivity contribution is -0.122. The third-order valence-corrected chi connectivity index (χ3v) is 3.87. The molecule has 0 aliphatic rings. The van der Waals surface area contributed by atoms with Gasteiger partial charge in [-0.2, -0.15) is 5.10 Å². The summed E-state index contributed by atoms with van der Waals surface area (Å²) < 4.78 is 7.63. The molecule has 2 aromatic heterocycles. The number of rotatable bonds is 6. The number of ether oxygens (including phenoxy) is 1. The predicted molar refractivity (Wildman–Crippen MR) is 97.7 cm³/mol. The Kier molecular flexibility index (Phi) is 4.97. The fourth-order valence-corrected chi connectivity index (χ4v) is 2.59. The van der Waals surface area contributed by atoms with Gasteiger partial charge in [0.05, 0.1) is 18.1 Å². The Bertz CT molecular complexity index is 858. The number of nitrogens with one attached hydrogen (secondary N) is 1. The minimum Gasteiger partial charge on any atom is -0.481 e. The molecule has 6 heteroatoms. The Morgan fingerprint density at radius 3 is 2.68 bits per heavy atom. The normalized spacial score (nSPS) is 12.3. The number of anilines is 1. The maximum Gasteiger partial charge on any atom is 0.265 e. The van der Waals surface area contributed by atoms with Crippen LogP contribution in [0, 0.1) is 0 Å². The molecule has 0 aliphatic carbocycles. The highest BCUT2D eigenvalue weighted by atomic mass is 16.5. The number of hydrogen-bond acceptors (Lipinski definition) is 4. The Hall–Kier alpha value is -2.89. The fourth-order valence-electron chi connectivity index (χ4n) is 2.59. The van der Waals surface area contributed by atoms with E-state index in [0.29, 0.717) is 17.9 Å². The molecule has 1 N–H and O–H groups in total. The van der Waals surface area contributed by atoms with E-state index < -0.39 is 6.10 Å². The van der Waals surface area contributed by atoms with Crippen LogP contribution in [0.1, 0.15) is 33.2 Å². The van der Waals surface area contributed by atoms with Crippen molar-refractivity contribution >= 4 is 22.6 Å². The molecule has 0 aliphatic heterocycles. The Morgan fingerprint density at radius 1 is 1.24 bits per heavy atom. The van der Waals surface area contributed by atoms with Crippen molar-refractivity contribution in [1.29, 1.82) is 0 Å². The van der Waals surface area contributed by atoms with E-state index in [0.717, 1.165) is 11.0 Å². The van der Waals surface area contributed by atoms with Crippen LogP contribution < -0.4 is 10.1 Å². The highest BCUT2D eigenvalue weighted by Gasteiger charge is 2.19. The quantitative estimate of drug-likeness (QED) is 0.742. The molecule has 2 heterocycles. The lowest BCUT2D eigenvalue weighted by Gasteiger charge is -2.17. The monoisotopic (exact) mass is 338 g/mol. The van der Waals surface area contributed by atoms with Gasteiger partial charge in [-0.1, -0.05) is 25.1 Å². The zero-order valence-corrected chi connectivity index (χ0v) is 14.6. The van der Waals surface area contributed by atoms with Crippen LogP contribution in [0.5, 0.6) is 5.75 Å². The first-order valence-electron chi connectivity index (χ1n) is 8.44. The van der Waals surface area contributed by atoms with E-state index in [2.05, 4.69) is 29.2 Å². The third kappa shape index (κ3) is 3.79. The Morgan fingerprint density at radius 2 is 2.00 bits per heavy atom. The number of nitrogens with zero attached hydrogens (tertiary/aromatic N) is 3. The molecule has 1 amide bonds. The second-order valence-electron chi connectivity index (χ2n) is 6.14. The molecule has 1 aromatic carbocycles. The number of para-hydroxylation sites is 1. The fraction of sp³-hybridized carbons (Fsp3) is 0.316. The molecular weight excluding hydrogens is 316 g/mol. The summed E-state index contributed by atoms with van der Waals surface area (Å²) in [6, 6.07) is 11.4.